The summed E-state index contributed by atoms with van der Waals surface area (Å²) in [7, 11) is 0. The summed E-state index contributed by atoms with van der Waals surface area (Å²) in [6, 6.07) is 9.04. The summed E-state index contributed by atoms with van der Waals surface area (Å²) in [5, 5.41) is 9.12. The molecule has 0 aliphatic rings. The number of esters is 1. The van der Waals surface area contributed by atoms with E-state index in [1.807, 2.05) is 30.3 Å². The second-order valence-electron chi connectivity index (χ2n) is 5.82. The highest BCUT2D eigenvalue weighted by Gasteiger charge is 2.21. The van der Waals surface area contributed by atoms with Crippen LogP contribution in [0.2, 0.25) is 0 Å². The Hall–Kier alpha value is -2.68. The average molecular weight is 327 g/mol. The van der Waals surface area contributed by atoms with Crippen molar-refractivity contribution in [3.8, 4) is 6.07 Å². The number of oxazole rings is 1. The first-order valence-electron chi connectivity index (χ1n) is 8.00. The summed E-state index contributed by atoms with van der Waals surface area (Å²) in [4.78, 5) is 20.6. The molecule has 0 saturated carbocycles. The molecule has 0 spiro atoms. The van der Waals surface area contributed by atoms with Crippen LogP contribution in [-0.2, 0) is 9.53 Å². The zero-order chi connectivity index (χ0) is 17.5. The van der Waals surface area contributed by atoms with Crippen LogP contribution >= 0.6 is 0 Å². The zero-order valence-electron chi connectivity index (χ0n) is 14.1. The van der Waals surface area contributed by atoms with Gasteiger partial charge in [0, 0.05) is 6.21 Å². The Labute approximate surface area is 141 Å². The van der Waals surface area contributed by atoms with Gasteiger partial charge in [0.25, 0.3) is 0 Å². The normalized spacial score (nSPS) is 14.0. The summed E-state index contributed by atoms with van der Waals surface area (Å²) in [6.45, 7) is 6.06. The number of carbonyl (C=O) groups is 1. The lowest BCUT2D eigenvalue weighted by Crippen LogP contribution is -2.18. The fourth-order valence-electron chi connectivity index (χ4n) is 2.27. The van der Waals surface area contributed by atoms with Crippen molar-refractivity contribution in [2.75, 3.05) is 6.61 Å². The second kappa shape index (κ2) is 8.25. The number of ether oxygens (including phenoxy) is 1. The van der Waals surface area contributed by atoms with Crippen molar-refractivity contribution >= 4 is 23.3 Å². The zero-order valence-corrected chi connectivity index (χ0v) is 14.1. The van der Waals surface area contributed by atoms with Crippen LogP contribution in [0.5, 0.6) is 0 Å². The third-order valence-electron chi connectivity index (χ3n) is 3.38. The lowest BCUT2D eigenvalue weighted by Gasteiger charge is -2.11. The number of aromatic nitrogens is 1. The van der Waals surface area contributed by atoms with E-state index in [2.05, 4.69) is 23.8 Å². The van der Waals surface area contributed by atoms with Gasteiger partial charge in [-0.3, -0.25) is 9.79 Å². The van der Waals surface area contributed by atoms with Crippen molar-refractivity contribution < 1.29 is 13.9 Å². The van der Waals surface area contributed by atoms with Crippen LogP contribution in [0.3, 0.4) is 0 Å². The van der Waals surface area contributed by atoms with Gasteiger partial charge >= 0.3 is 5.97 Å². The minimum Gasteiger partial charge on any atom is -0.465 e. The van der Waals surface area contributed by atoms with E-state index in [0.717, 1.165) is 5.52 Å². The average Bonchev–Trinajstić information content (AvgIpc) is 2.98. The predicted molar refractivity (Wildman–Crippen MR) is 90.4 cm³/mol. The van der Waals surface area contributed by atoms with Crippen LogP contribution in [0.15, 0.2) is 33.7 Å². The first-order chi connectivity index (χ1) is 11.5. The number of rotatable bonds is 7. The van der Waals surface area contributed by atoms with E-state index in [9.17, 15) is 4.79 Å². The molecule has 24 heavy (non-hydrogen) atoms. The first kappa shape index (κ1) is 17.7. The molecule has 0 bridgehead atoms. The van der Waals surface area contributed by atoms with Gasteiger partial charge in [-0.15, -0.1) is 0 Å². The maximum atomic E-state index is 11.7. The molecular weight excluding hydrogens is 306 g/mol. The summed E-state index contributed by atoms with van der Waals surface area (Å²) in [5.41, 5.74) is 1.46. The summed E-state index contributed by atoms with van der Waals surface area (Å²) < 4.78 is 10.7. The molecule has 0 aliphatic carbocycles. The van der Waals surface area contributed by atoms with Gasteiger partial charge in [0.15, 0.2) is 11.5 Å². The fraction of sp³-hybridized carbons (Fsp3) is 0.444. The molecule has 2 rings (SSSR count). The number of hydrogen-bond acceptors (Lipinski definition) is 6. The van der Waals surface area contributed by atoms with E-state index in [4.69, 9.17) is 14.4 Å². The van der Waals surface area contributed by atoms with Crippen LogP contribution in [0.4, 0.5) is 0 Å². The van der Waals surface area contributed by atoms with Gasteiger partial charge in [-0.2, -0.15) is 5.26 Å². The molecular formula is C18H21N3O3. The van der Waals surface area contributed by atoms with Gasteiger partial charge < -0.3 is 9.15 Å². The Balaban J connectivity index is 2.26. The van der Waals surface area contributed by atoms with E-state index in [1.54, 1.807) is 6.92 Å². The molecule has 0 saturated heterocycles. The Morgan fingerprint density at radius 1 is 1.46 bits per heavy atom. The Morgan fingerprint density at radius 2 is 2.21 bits per heavy atom. The van der Waals surface area contributed by atoms with E-state index in [1.165, 1.54) is 6.21 Å². The van der Waals surface area contributed by atoms with Gasteiger partial charge in [-0.1, -0.05) is 26.0 Å². The van der Waals surface area contributed by atoms with Crippen LogP contribution in [0.25, 0.3) is 11.1 Å². The minimum absolute atomic E-state index is 0.228. The molecule has 1 aromatic carbocycles. The highest BCUT2D eigenvalue weighted by molar-refractivity contribution is 5.92. The molecule has 126 valence electrons. The van der Waals surface area contributed by atoms with Gasteiger partial charge in [-0.25, -0.2) is 4.98 Å². The van der Waals surface area contributed by atoms with Crippen molar-refractivity contribution in [2.24, 2.45) is 16.8 Å². The highest BCUT2D eigenvalue weighted by Crippen LogP contribution is 2.27. The molecule has 0 fully saturated rings. The molecule has 1 aromatic heterocycles. The Kier molecular flexibility index (Phi) is 6.07. The van der Waals surface area contributed by atoms with Crippen LogP contribution in [-0.4, -0.2) is 23.8 Å². The number of fused-ring (bicyclic) bond motifs is 1. The summed E-state index contributed by atoms with van der Waals surface area (Å²) in [5.74, 6) is -0.777. The third-order valence-corrected chi connectivity index (χ3v) is 3.38. The smallest absolute Gasteiger partial charge is 0.328 e. The number of nitriles is 1. The molecule has 0 radical (unpaired) electrons. The standard InChI is InChI=1S/C18H21N3O3/c1-4-23-18(22)13(10-19)11-20-15(9-12(2)3)17-21-14-7-5-6-8-16(14)24-17/h5-8,11-13,15H,4,9H2,1-3H3/t13-,15+/m0/s1. The van der Waals surface area contributed by atoms with E-state index < -0.39 is 11.9 Å². The number of nitrogens with zero attached hydrogens (tertiary/aromatic N) is 3. The molecule has 1 heterocycles. The van der Waals surface area contributed by atoms with Crippen molar-refractivity contribution in [1.82, 2.24) is 4.98 Å². The first-order valence-corrected chi connectivity index (χ1v) is 8.00. The molecule has 0 unspecified atom stereocenters. The lowest BCUT2D eigenvalue weighted by molar-refractivity contribution is -0.143. The van der Waals surface area contributed by atoms with Crippen LogP contribution in [0, 0.1) is 23.2 Å². The highest BCUT2D eigenvalue weighted by atomic mass is 16.5. The van der Waals surface area contributed by atoms with E-state index in [-0.39, 0.29) is 12.6 Å². The Bertz CT molecular complexity index is 725. The number of aliphatic imine (C=N–C) groups is 1. The number of para-hydroxylation sites is 2. The van der Waals surface area contributed by atoms with Crippen molar-refractivity contribution in [3.63, 3.8) is 0 Å². The second-order valence-corrected chi connectivity index (χ2v) is 5.82. The lowest BCUT2D eigenvalue weighted by atomic mass is 10.0. The molecule has 6 nitrogen and oxygen atoms in total. The van der Waals surface area contributed by atoms with Crippen LogP contribution < -0.4 is 0 Å². The molecule has 6 heteroatoms. The number of carbonyl (C=O) groups excluding carboxylic acids is 1. The third kappa shape index (κ3) is 4.42. The van der Waals surface area contributed by atoms with Gasteiger partial charge in [0.2, 0.25) is 5.89 Å². The van der Waals surface area contributed by atoms with Crippen LogP contribution in [0.1, 0.15) is 39.1 Å². The molecule has 0 aliphatic heterocycles. The van der Waals surface area contributed by atoms with Gasteiger partial charge in [-0.05, 0) is 31.4 Å². The number of benzene rings is 1. The van der Waals surface area contributed by atoms with E-state index >= 15 is 0 Å². The molecule has 0 N–H and O–H groups in total. The van der Waals surface area contributed by atoms with Gasteiger partial charge in [0.1, 0.15) is 11.6 Å². The van der Waals surface area contributed by atoms with Gasteiger partial charge in [0.05, 0.1) is 12.7 Å². The molecule has 2 atom stereocenters. The molecule has 2 aromatic rings. The predicted octanol–water partition coefficient (Wildman–Crippen LogP) is 3.69. The summed E-state index contributed by atoms with van der Waals surface area (Å²) in [6.07, 6.45) is 2.03. The Morgan fingerprint density at radius 3 is 2.83 bits per heavy atom. The number of hydrogen-bond donors (Lipinski definition) is 0. The fourth-order valence-corrected chi connectivity index (χ4v) is 2.27. The van der Waals surface area contributed by atoms with Crippen molar-refractivity contribution in [1.29, 1.82) is 5.26 Å². The van der Waals surface area contributed by atoms with E-state index in [0.29, 0.717) is 23.8 Å². The largest absolute Gasteiger partial charge is 0.465 e. The summed E-state index contributed by atoms with van der Waals surface area (Å²) >= 11 is 0. The monoisotopic (exact) mass is 327 g/mol. The minimum atomic E-state index is -1.02. The SMILES string of the molecule is CCOC(=O)[C@@H](C#N)C=N[C@H](CC(C)C)c1nc2ccccc2o1. The maximum Gasteiger partial charge on any atom is 0.328 e. The topological polar surface area (TPSA) is 88.5 Å². The van der Waals surface area contributed by atoms with Crippen molar-refractivity contribution in [2.45, 2.75) is 33.2 Å². The quantitative estimate of drug-likeness (QED) is 0.571. The maximum absolute atomic E-state index is 11.7. The van der Waals surface area contributed by atoms with Crippen molar-refractivity contribution in [3.05, 3.63) is 30.2 Å². The molecule has 0 amide bonds.